The molecular weight excluding hydrogens is 404 g/mol. The Morgan fingerprint density at radius 2 is 1.13 bits per heavy atom. The van der Waals surface area contributed by atoms with Crippen LogP contribution in [0.1, 0.15) is 103 Å². The Kier molecular flexibility index (Phi) is 17.6. The van der Waals surface area contributed by atoms with Crippen LogP contribution in [0.2, 0.25) is 0 Å². The highest BCUT2D eigenvalue weighted by Gasteiger charge is 2.42. The van der Waals surface area contributed by atoms with Crippen molar-refractivity contribution in [3.8, 4) is 0 Å². The van der Waals surface area contributed by atoms with Crippen LogP contribution >= 0.6 is 0 Å². The fourth-order valence-electron chi connectivity index (χ4n) is 2.89. The molecule has 0 aromatic heterocycles. The summed E-state index contributed by atoms with van der Waals surface area (Å²) in [5, 5.41) is 0. The van der Waals surface area contributed by atoms with E-state index < -0.39 is 30.9 Å². The number of carbonyl (C=O) groups excluding carboxylic acids is 2. The molecule has 0 heterocycles. The highest BCUT2D eigenvalue weighted by molar-refractivity contribution is 5.72. The van der Waals surface area contributed by atoms with Crippen molar-refractivity contribution in [3.63, 3.8) is 0 Å². The van der Waals surface area contributed by atoms with E-state index in [4.69, 9.17) is 4.74 Å². The van der Waals surface area contributed by atoms with Crippen molar-refractivity contribution in [2.24, 2.45) is 0 Å². The van der Waals surface area contributed by atoms with E-state index in [0.717, 1.165) is 19.3 Å². The summed E-state index contributed by atoms with van der Waals surface area (Å²) in [4.78, 5) is 22.8. The van der Waals surface area contributed by atoms with Crippen molar-refractivity contribution in [2.45, 2.75) is 116 Å². The average Bonchev–Trinajstić information content (AvgIpc) is 2.70. The lowest BCUT2D eigenvalue weighted by atomic mass is 10.1. The smallest absolute Gasteiger partial charge is 0.340 e. The van der Waals surface area contributed by atoms with Crippen LogP contribution in [0.5, 0.6) is 0 Å². The third kappa shape index (κ3) is 17.5. The topological polar surface area (TPSA) is 52.6 Å². The molecule has 0 amide bonds. The maximum Gasteiger partial charge on any atom is 0.340 e. The second-order valence-corrected chi connectivity index (χ2v) is 7.69. The van der Waals surface area contributed by atoms with Crippen LogP contribution in [-0.4, -0.2) is 37.5 Å². The van der Waals surface area contributed by atoms with Gasteiger partial charge >= 0.3 is 24.3 Å². The molecule has 0 saturated heterocycles. The Bertz CT molecular complexity index is 445. The molecule has 0 radical (unpaired) electrons. The number of alkyl halides is 4. The predicted octanol–water partition coefficient (Wildman–Crippen LogP) is 6.84. The SMILES string of the molecule is CCCCCCCCCCCCCCOC(=O)CCCC(=O)OCC(F)(F)C(F)F. The van der Waals surface area contributed by atoms with Crippen LogP contribution in [0.25, 0.3) is 0 Å². The van der Waals surface area contributed by atoms with E-state index in [0.29, 0.717) is 6.61 Å². The van der Waals surface area contributed by atoms with Crippen molar-refractivity contribution < 1.29 is 36.6 Å². The van der Waals surface area contributed by atoms with Crippen LogP contribution < -0.4 is 0 Å². The standard InChI is InChI=1S/C22H38F4O4/c1-2-3-4-5-6-7-8-9-10-11-12-13-17-29-19(27)15-14-16-20(28)30-18-22(25,26)21(23)24/h21H,2-18H2,1H3. The highest BCUT2D eigenvalue weighted by Crippen LogP contribution is 2.23. The van der Waals surface area contributed by atoms with Crippen molar-refractivity contribution in [1.82, 2.24) is 0 Å². The lowest BCUT2D eigenvalue weighted by molar-refractivity contribution is -0.179. The van der Waals surface area contributed by atoms with Gasteiger partial charge in [-0.25, -0.2) is 8.78 Å². The van der Waals surface area contributed by atoms with Gasteiger partial charge in [-0.3, -0.25) is 9.59 Å². The Hall–Kier alpha value is -1.34. The van der Waals surface area contributed by atoms with E-state index >= 15 is 0 Å². The number of ether oxygens (including phenoxy) is 2. The van der Waals surface area contributed by atoms with E-state index in [9.17, 15) is 27.2 Å². The van der Waals surface area contributed by atoms with Crippen LogP contribution in [0, 0.1) is 0 Å². The summed E-state index contributed by atoms with van der Waals surface area (Å²) >= 11 is 0. The summed E-state index contributed by atoms with van der Waals surface area (Å²) in [6.07, 6.45) is 10.4. The molecule has 0 fully saturated rings. The van der Waals surface area contributed by atoms with Gasteiger partial charge in [0.05, 0.1) is 6.61 Å². The van der Waals surface area contributed by atoms with Crippen molar-refractivity contribution in [2.75, 3.05) is 13.2 Å². The van der Waals surface area contributed by atoms with Gasteiger partial charge in [-0.1, -0.05) is 77.6 Å². The number of hydrogen-bond donors (Lipinski definition) is 0. The van der Waals surface area contributed by atoms with Crippen molar-refractivity contribution in [3.05, 3.63) is 0 Å². The number of esters is 2. The van der Waals surface area contributed by atoms with Gasteiger partial charge in [-0.15, -0.1) is 0 Å². The molecule has 8 heteroatoms. The molecule has 0 unspecified atom stereocenters. The summed E-state index contributed by atoms with van der Waals surface area (Å²) in [5.41, 5.74) is 0. The molecule has 4 nitrogen and oxygen atoms in total. The summed E-state index contributed by atoms with van der Waals surface area (Å²) < 4.78 is 58.3. The minimum absolute atomic E-state index is 0.0431. The van der Waals surface area contributed by atoms with Gasteiger partial charge < -0.3 is 9.47 Å². The Balaban J connectivity index is 3.43. The van der Waals surface area contributed by atoms with Gasteiger partial charge in [-0.2, -0.15) is 8.78 Å². The molecule has 0 aliphatic carbocycles. The minimum atomic E-state index is -4.36. The maximum atomic E-state index is 12.6. The average molecular weight is 443 g/mol. The molecule has 0 aromatic rings. The van der Waals surface area contributed by atoms with Crippen LogP contribution in [0.15, 0.2) is 0 Å². The molecule has 0 rings (SSSR count). The fraction of sp³-hybridized carbons (Fsp3) is 0.909. The van der Waals surface area contributed by atoms with Crippen molar-refractivity contribution >= 4 is 11.9 Å². The van der Waals surface area contributed by atoms with Crippen LogP contribution in [0.3, 0.4) is 0 Å². The fourth-order valence-corrected chi connectivity index (χ4v) is 2.89. The number of carbonyl (C=O) groups is 2. The second-order valence-electron chi connectivity index (χ2n) is 7.69. The maximum absolute atomic E-state index is 12.6. The summed E-state index contributed by atoms with van der Waals surface area (Å²) in [6.45, 7) is 0.881. The molecule has 0 spiro atoms. The first-order valence-corrected chi connectivity index (χ1v) is 11.3. The zero-order chi connectivity index (χ0) is 22.7. The molecule has 0 aromatic carbocycles. The normalized spacial score (nSPS) is 11.7. The number of rotatable bonds is 20. The third-order valence-electron chi connectivity index (χ3n) is 4.77. The summed E-state index contributed by atoms with van der Waals surface area (Å²) in [7, 11) is 0. The Morgan fingerprint density at radius 3 is 1.60 bits per heavy atom. The third-order valence-corrected chi connectivity index (χ3v) is 4.77. The summed E-state index contributed by atoms with van der Waals surface area (Å²) in [6, 6.07) is 0. The first-order valence-electron chi connectivity index (χ1n) is 11.3. The quantitative estimate of drug-likeness (QED) is 0.118. The number of unbranched alkanes of at least 4 members (excludes halogenated alkanes) is 11. The first kappa shape index (κ1) is 28.7. The molecule has 0 N–H and O–H groups in total. The van der Waals surface area contributed by atoms with E-state index in [2.05, 4.69) is 11.7 Å². The zero-order valence-corrected chi connectivity index (χ0v) is 18.2. The molecular formula is C22H38F4O4. The lowest BCUT2D eigenvalue weighted by Gasteiger charge is -2.14. The predicted molar refractivity (Wildman–Crippen MR) is 108 cm³/mol. The molecule has 178 valence electrons. The van der Waals surface area contributed by atoms with Gasteiger partial charge in [0, 0.05) is 12.8 Å². The van der Waals surface area contributed by atoms with Crippen LogP contribution in [0.4, 0.5) is 17.6 Å². The van der Waals surface area contributed by atoms with Gasteiger partial charge in [0.2, 0.25) is 0 Å². The molecule has 0 aliphatic heterocycles. The second kappa shape index (κ2) is 18.4. The number of halogens is 4. The molecule has 0 aliphatic rings. The van der Waals surface area contributed by atoms with E-state index in [-0.39, 0.29) is 19.3 Å². The lowest BCUT2D eigenvalue weighted by Crippen LogP contribution is -2.33. The van der Waals surface area contributed by atoms with Crippen molar-refractivity contribution in [1.29, 1.82) is 0 Å². The van der Waals surface area contributed by atoms with Gasteiger partial charge in [-0.05, 0) is 12.8 Å². The number of hydrogen-bond acceptors (Lipinski definition) is 4. The Morgan fingerprint density at radius 1 is 0.700 bits per heavy atom. The van der Waals surface area contributed by atoms with Gasteiger partial charge in [0.1, 0.15) is 0 Å². The van der Waals surface area contributed by atoms with E-state index in [1.165, 1.54) is 57.8 Å². The van der Waals surface area contributed by atoms with E-state index in [1.54, 1.807) is 0 Å². The molecule has 0 saturated carbocycles. The molecule has 30 heavy (non-hydrogen) atoms. The van der Waals surface area contributed by atoms with E-state index in [1.807, 2.05) is 0 Å². The largest absolute Gasteiger partial charge is 0.466 e. The monoisotopic (exact) mass is 442 g/mol. The van der Waals surface area contributed by atoms with Gasteiger partial charge in [0.25, 0.3) is 0 Å². The first-order chi connectivity index (χ1) is 14.3. The summed E-state index contributed by atoms with van der Waals surface area (Å²) in [5.74, 6) is -5.86. The van der Waals surface area contributed by atoms with Gasteiger partial charge in [0.15, 0.2) is 6.61 Å². The molecule has 0 bridgehead atoms. The highest BCUT2D eigenvalue weighted by atomic mass is 19.3. The zero-order valence-electron chi connectivity index (χ0n) is 18.2. The molecule has 0 atom stereocenters. The van der Waals surface area contributed by atoms with Crippen LogP contribution in [-0.2, 0) is 19.1 Å². The Labute approximate surface area is 178 Å². The minimum Gasteiger partial charge on any atom is -0.466 e.